The molecule has 0 bridgehead atoms. The van der Waals surface area contributed by atoms with Crippen molar-refractivity contribution >= 4 is 46.5 Å². The molecule has 0 saturated heterocycles. The highest BCUT2D eigenvalue weighted by atomic mass is 35.5. The lowest BCUT2D eigenvalue weighted by Crippen LogP contribution is -2.39. The van der Waals surface area contributed by atoms with Gasteiger partial charge in [0.2, 0.25) is 5.91 Å². The monoisotopic (exact) mass is 403 g/mol. The van der Waals surface area contributed by atoms with Crippen molar-refractivity contribution in [3.63, 3.8) is 0 Å². The topological polar surface area (TPSA) is 33.5 Å². The Morgan fingerprint density at radius 3 is 2.77 bits per heavy atom. The number of nitrogens with zero attached hydrogens (tertiary/aromatic N) is 1. The molecule has 0 N–H and O–H groups in total. The van der Waals surface area contributed by atoms with Gasteiger partial charge in [0.25, 0.3) is 0 Å². The molecule has 4 rings (SSSR count). The van der Waals surface area contributed by atoms with Crippen LogP contribution >= 0.6 is 34.5 Å². The third-order valence-electron chi connectivity index (χ3n) is 4.41. The molecular formula is C20H15Cl2NO2S. The molecule has 1 aliphatic heterocycles. The predicted molar refractivity (Wildman–Crippen MR) is 106 cm³/mol. The lowest BCUT2D eigenvalue weighted by molar-refractivity contribution is -0.127. The molecule has 3 heterocycles. The molecule has 1 amide bonds. The van der Waals surface area contributed by atoms with Crippen LogP contribution in [0.5, 0.6) is 0 Å². The van der Waals surface area contributed by atoms with E-state index in [0.29, 0.717) is 16.6 Å². The first-order chi connectivity index (χ1) is 12.6. The molecule has 1 aromatic carbocycles. The van der Waals surface area contributed by atoms with Crippen LogP contribution in [-0.2, 0) is 11.2 Å². The summed E-state index contributed by atoms with van der Waals surface area (Å²) in [5.74, 6) is -0.0497. The summed E-state index contributed by atoms with van der Waals surface area (Å²) in [5, 5.41) is 3.20. The highest BCUT2D eigenvalue weighted by molar-refractivity contribution is 7.10. The molecule has 0 aliphatic carbocycles. The zero-order chi connectivity index (χ0) is 18.1. The van der Waals surface area contributed by atoms with Crippen molar-refractivity contribution < 1.29 is 9.21 Å². The minimum absolute atomic E-state index is 0.0497. The second-order valence-corrected chi connectivity index (χ2v) is 7.91. The summed E-state index contributed by atoms with van der Waals surface area (Å²) in [6, 6.07) is 9.22. The number of fused-ring (bicyclic) bond motifs is 1. The first kappa shape index (κ1) is 17.4. The molecule has 1 unspecified atom stereocenters. The number of rotatable bonds is 3. The summed E-state index contributed by atoms with van der Waals surface area (Å²) in [4.78, 5) is 16.0. The molecule has 6 heteroatoms. The molecule has 0 radical (unpaired) electrons. The summed E-state index contributed by atoms with van der Waals surface area (Å²) in [6.45, 7) is 0.646. The molecule has 0 spiro atoms. The maximum absolute atomic E-state index is 12.9. The van der Waals surface area contributed by atoms with Crippen molar-refractivity contribution in [3.8, 4) is 0 Å². The Bertz CT molecular complexity index is 942. The molecule has 1 atom stereocenters. The Hall–Kier alpha value is -2.01. The molecule has 3 nitrogen and oxygen atoms in total. The van der Waals surface area contributed by atoms with Crippen LogP contribution in [-0.4, -0.2) is 17.4 Å². The van der Waals surface area contributed by atoms with Crippen LogP contribution < -0.4 is 0 Å². The van der Waals surface area contributed by atoms with Gasteiger partial charge >= 0.3 is 0 Å². The van der Waals surface area contributed by atoms with Gasteiger partial charge in [-0.3, -0.25) is 4.79 Å². The average Bonchev–Trinajstić information content (AvgIpc) is 3.29. The third-order valence-corrected chi connectivity index (χ3v) is 5.86. The minimum Gasteiger partial charge on any atom is -0.472 e. The summed E-state index contributed by atoms with van der Waals surface area (Å²) in [7, 11) is 0. The van der Waals surface area contributed by atoms with E-state index in [9.17, 15) is 4.79 Å². The summed E-state index contributed by atoms with van der Waals surface area (Å²) in [6.07, 6.45) is 7.38. The van der Waals surface area contributed by atoms with Crippen LogP contribution in [0.3, 0.4) is 0 Å². The smallest absolute Gasteiger partial charge is 0.247 e. The summed E-state index contributed by atoms with van der Waals surface area (Å²) in [5.41, 5.74) is 3.06. The molecule has 3 aromatic rings. The van der Waals surface area contributed by atoms with Crippen LogP contribution in [0.15, 0.2) is 58.7 Å². The van der Waals surface area contributed by atoms with Gasteiger partial charge in [-0.25, -0.2) is 0 Å². The molecule has 1 aliphatic rings. The standard InChI is InChI=1S/C20H15Cl2NO2S/c21-16-9-15(10-17(22)11-16)19-20-14(5-8-26-20)3-6-23(19)18(24)2-1-13-4-7-25-12-13/h1-2,4-5,7-12,19H,3,6H2/b2-1+. The number of hydrogen-bond acceptors (Lipinski definition) is 3. The van der Waals surface area contributed by atoms with E-state index in [1.54, 1.807) is 42.1 Å². The van der Waals surface area contributed by atoms with E-state index in [1.807, 2.05) is 23.1 Å². The number of hydrogen-bond donors (Lipinski definition) is 0. The van der Waals surface area contributed by atoms with Crippen LogP contribution in [0, 0.1) is 0 Å². The van der Waals surface area contributed by atoms with Crippen LogP contribution in [0.2, 0.25) is 10.0 Å². The van der Waals surface area contributed by atoms with E-state index in [1.165, 1.54) is 10.4 Å². The van der Waals surface area contributed by atoms with Crippen LogP contribution in [0.1, 0.15) is 27.6 Å². The number of furan rings is 1. The molecule has 0 saturated carbocycles. The van der Waals surface area contributed by atoms with Gasteiger partial charge in [-0.2, -0.15) is 0 Å². The fourth-order valence-electron chi connectivity index (χ4n) is 3.24. The van der Waals surface area contributed by atoms with Gasteiger partial charge in [0.15, 0.2) is 0 Å². The molecule has 132 valence electrons. The minimum atomic E-state index is -0.184. The Labute approximate surface area is 165 Å². The number of halogens is 2. The maximum atomic E-state index is 12.9. The first-order valence-electron chi connectivity index (χ1n) is 8.15. The fourth-order valence-corrected chi connectivity index (χ4v) is 4.88. The number of thiophene rings is 1. The summed E-state index contributed by atoms with van der Waals surface area (Å²) >= 11 is 14.1. The van der Waals surface area contributed by atoms with Crippen molar-refractivity contribution in [2.45, 2.75) is 12.5 Å². The maximum Gasteiger partial charge on any atom is 0.247 e. The SMILES string of the molecule is O=C(/C=C/c1ccoc1)N1CCc2ccsc2C1c1cc(Cl)cc(Cl)c1. The first-order valence-corrected chi connectivity index (χ1v) is 9.78. The van der Waals surface area contributed by atoms with E-state index in [4.69, 9.17) is 27.6 Å². The van der Waals surface area contributed by atoms with Crippen molar-refractivity contribution in [3.05, 3.63) is 85.9 Å². The Morgan fingerprint density at radius 1 is 1.23 bits per heavy atom. The van der Waals surface area contributed by atoms with Crippen molar-refractivity contribution in [1.29, 1.82) is 0 Å². The second kappa shape index (κ2) is 7.31. The molecular weight excluding hydrogens is 389 g/mol. The lowest BCUT2D eigenvalue weighted by Gasteiger charge is -2.35. The Kier molecular flexibility index (Phi) is 4.90. The van der Waals surface area contributed by atoms with E-state index in [0.717, 1.165) is 17.5 Å². The van der Waals surface area contributed by atoms with Gasteiger partial charge in [0, 0.05) is 33.1 Å². The van der Waals surface area contributed by atoms with Crippen molar-refractivity contribution in [1.82, 2.24) is 4.90 Å². The summed E-state index contributed by atoms with van der Waals surface area (Å²) < 4.78 is 5.04. The predicted octanol–water partition coefficient (Wildman–Crippen LogP) is 5.84. The zero-order valence-corrected chi connectivity index (χ0v) is 16.0. The number of carbonyl (C=O) groups is 1. The van der Waals surface area contributed by atoms with E-state index >= 15 is 0 Å². The van der Waals surface area contributed by atoms with Crippen LogP contribution in [0.4, 0.5) is 0 Å². The van der Waals surface area contributed by atoms with Crippen LogP contribution in [0.25, 0.3) is 6.08 Å². The van der Waals surface area contributed by atoms with Gasteiger partial charge in [-0.15, -0.1) is 11.3 Å². The highest BCUT2D eigenvalue weighted by Gasteiger charge is 2.32. The Balaban J connectivity index is 1.72. The average molecular weight is 404 g/mol. The molecule has 0 fully saturated rings. The normalized spacial score (nSPS) is 16.8. The number of carbonyl (C=O) groups excluding carboxylic acids is 1. The number of benzene rings is 1. The van der Waals surface area contributed by atoms with Crippen molar-refractivity contribution in [2.75, 3.05) is 6.54 Å². The second-order valence-electron chi connectivity index (χ2n) is 6.09. The van der Waals surface area contributed by atoms with E-state index in [2.05, 4.69) is 11.4 Å². The third kappa shape index (κ3) is 3.45. The van der Waals surface area contributed by atoms with Gasteiger partial charge in [0.05, 0.1) is 18.6 Å². The lowest BCUT2D eigenvalue weighted by atomic mass is 9.95. The highest BCUT2D eigenvalue weighted by Crippen LogP contribution is 2.40. The van der Waals surface area contributed by atoms with Gasteiger partial charge in [-0.1, -0.05) is 23.2 Å². The quantitative estimate of drug-likeness (QED) is 0.514. The largest absolute Gasteiger partial charge is 0.472 e. The van der Waals surface area contributed by atoms with Gasteiger partial charge in [0.1, 0.15) is 0 Å². The van der Waals surface area contributed by atoms with E-state index in [-0.39, 0.29) is 11.9 Å². The van der Waals surface area contributed by atoms with Gasteiger partial charge < -0.3 is 9.32 Å². The fraction of sp³-hybridized carbons (Fsp3) is 0.150. The number of amides is 1. The van der Waals surface area contributed by atoms with Gasteiger partial charge in [-0.05, 0) is 59.3 Å². The molecule has 26 heavy (non-hydrogen) atoms. The van der Waals surface area contributed by atoms with Crippen molar-refractivity contribution in [2.24, 2.45) is 0 Å². The Morgan fingerprint density at radius 2 is 2.04 bits per heavy atom. The molecule has 2 aromatic heterocycles. The van der Waals surface area contributed by atoms with E-state index < -0.39 is 0 Å². The zero-order valence-electron chi connectivity index (χ0n) is 13.7.